The first-order valence-electron chi connectivity index (χ1n) is 5.26. The van der Waals surface area contributed by atoms with Crippen molar-refractivity contribution in [2.24, 2.45) is 0 Å². The normalized spacial score (nSPS) is 12.6. The van der Waals surface area contributed by atoms with Crippen LogP contribution in [0, 0.1) is 0 Å². The number of halogens is 1. The molecule has 0 saturated carbocycles. The van der Waals surface area contributed by atoms with Gasteiger partial charge in [-0.1, -0.05) is 41.7 Å². The molecule has 16 heavy (non-hydrogen) atoms. The number of benzene rings is 1. The standard InChI is InChI=1S/C12H13ClN2S/c1-9(13)12-15-14-11(16-12)8-7-10-5-3-2-4-6-10/h2-6,9H,7-8H2,1H3. The van der Waals surface area contributed by atoms with E-state index in [0.717, 1.165) is 22.9 Å². The van der Waals surface area contributed by atoms with Crippen molar-refractivity contribution in [1.29, 1.82) is 0 Å². The molecule has 0 amide bonds. The number of aryl methyl sites for hydroxylation is 2. The maximum atomic E-state index is 5.94. The lowest BCUT2D eigenvalue weighted by Gasteiger charge is -1.97. The van der Waals surface area contributed by atoms with Crippen molar-refractivity contribution in [3.63, 3.8) is 0 Å². The topological polar surface area (TPSA) is 25.8 Å². The Morgan fingerprint density at radius 3 is 2.56 bits per heavy atom. The molecule has 2 rings (SSSR count). The number of hydrogen-bond acceptors (Lipinski definition) is 3. The summed E-state index contributed by atoms with van der Waals surface area (Å²) in [6.07, 6.45) is 1.94. The fourth-order valence-corrected chi connectivity index (χ4v) is 2.37. The molecule has 0 aliphatic heterocycles. The van der Waals surface area contributed by atoms with E-state index in [1.54, 1.807) is 11.3 Å². The first kappa shape index (κ1) is 11.6. The number of alkyl halides is 1. The predicted octanol–water partition coefficient (Wildman–Crippen LogP) is 3.62. The summed E-state index contributed by atoms with van der Waals surface area (Å²) in [6.45, 7) is 1.92. The molecule has 2 aromatic rings. The van der Waals surface area contributed by atoms with E-state index >= 15 is 0 Å². The van der Waals surface area contributed by atoms with E-state index in [9.17, 15) is 0 Å². The minimum atomic E-state index is -0.0389. The molecule has 84 valence electrons. The van der Waals surface area contributed by atoms with Crippen molar-refractivity contribution in [3.05, 3.63) is 45.9 Å². The van der Waals surface area contributed by atoms with Crippen LogP contribution < -0.4 is 0 Å². The summed E-state index contributed by atoms with van der Waals surface area (Å²) in [4.78, 5) is 0. The molecule has 0 N–H and O–H groups in total. The third kappa shape index (κ3) is 3.03. The number of aromatic nitrogens is 2. The van der Waals surface area contributed by atoms with Crippen molar-refractivity contribution >= 4 is 22.9 Å². The zero-order valence-electron chi connectivity index (χ0n) is 9.06. The number of hydrogen-bond donors (Lipinski definition) is 0. The lowest BCUT2D eigenvalue weighted by atomic mass is 10.1. The average Bonchev–Trinajstić information content (AvgIpc) is 2.76. The second kappa shape index (κ2) is 5.41. The summed E-state index contributed by atoms with van der Waals surface area (Å²) >= 11 is 7.55. The average molecular weight is 253 g/mol. The Morgan fingerprint density at radius 1 is 1.19 bits per heavy atom. The van der Waals surface area contributed by atoms with Gasteiger partial charge in [0.25, 0.3) is 0 Å². The molecular formula is C12H13ClN2S. The summed E-state index contributed by atoms with van der Waals surface area (Å²) in [5.41, 5.74) is 1.33. The van der Waals surface area contributed by atoms with Crippen molar-refractivity contribution in [3.8, 4) is 0 Å². The van der Waals surface area contributed by atoms with Crippen molar-refractivity contribution < 1.29 is 0 Å². The van der Waals surface area contributed by atoms with Crippen LogP contribution in [0.2, 0.25) is 0 Å². The van der Waals surface area contributed by atoms with Gasteiger partial charge >= 0.3 is 0 Å². The van der Waals surface area contributed by atoms with Gasteiger partial charge in [-0.05, 0) is 18.9 Å². The van der Waals surface area contributed by atoms with Crippen LogP contribution in [-0.2, 0) is 12.8 Å². The Kier molecular flexibility index (Phi) is 3.91. The molecule has 0 fully saturated rings. The van der Waals surface area contributed by atoms with Crippen molar-refractivity contribution in [2.75, 3.05) is 0 Å². The van der Waals surface area contributed by atoms with E-state index in [4.69, 9.17) is 11.6 Å². The van der Waals surface area contributed by atoms with Gasteiger partial charge in [-0.2, -0.15) is 0 Å². The molecule has 1 aromatic heterocycles. The van der Waals surface area contributed by atoms with Crippen LogP contribution in [0.1, 0.15) is 27.9 Å². The van der Waals surface area contributed by atoms with Crippen LogP contribution in [0.4, 0.5) is 0 Å². The van der Waals surface area contributed by atoms with E-state index < -0.39 is 0 Å². The molecule has 1 heterocycles. The van der Waals surface area contributed by atoms with Crippen LogP contribution >= 0.6 is 22.9 Å². The number of nitrogens with zero attached hydrogens (tertiary/aromatic N) is 2. The summed E-state index contributed by atoms with van der Waals surface area (Å²) in [6, 6.07) is 10.4. The molecule has 0 aliphatic carbocycles. The second-order valence-corrected chi connectivity index (χ2v) is 5.38. The molecule has 0 saturated heterocycles. The second-order valence-electron chi connectivity index (χ2n) is 3.64. The van der Waals surface area contributed by atoms with Gasteiger partial charge in [0, 0.05) is 6.42 Å². The molecule has 2 nitrogen and oxygen atoms in total. The maximum absolute atomic E-state index is 5.94. The summed E-state index contributed by atoms with van der Waals surface area (Å²) < 4.78 is 0. The molecule has 0 radical (unpaired) electrons. The molecule has 4 heteroatoms. The smallest absolute Gasteiger partial charge is 0.135 e. The van der Waals surface area contributed by atoms with Gasteiger partial charge in [0.05, 0.1) is 5.38 Å². The Hall–Kier alpha value is -0.930. The molecule has 0 aliphatic rings. The van der Waals surface area contributed by atoms with Crippen molar-refractivity contribution in [1.82, 2.24) is 10.2 Å². The highest BCUT2D eigenvalue weighted by molar-refractivity contribution is 7.11. The summed E-state index contributed by atoms with van der Waals surface area (Å²) in [7, 11) is 0. The molecule has 0 spiro atoms. The van der Waals surface area contributed by atoms with Gasteiger partial charge < -0.3 is 0 Å². The Labute approximate surface area is 104 Å². The van der Waals surface area contributed by atoms with Gasteiger partial charge in [0.1, 0.15) is 10.0 Å². The molecule has 1 unspecified atom stereocenters. The highest BCUT2D eigenvalue weighted by Gasteiger charge is 2.08. The minimum Gasteiger partial charge on any atom is -0.143 e. The van der Waals surface area contributed by atoms with E-state index in [0.29, 0.717) is 0 Å². The lowest BCUT2D eigenvalue weighted by Crippen LogP contribution is -1.89. The first-order valence-corrected chi connectivity index (χ1v) is 6.51. The third-order valence-corrected chi connectivity index (χ3v) is 3.79. The van der Waals surface area contributed by atoms with Gasteiger partial charge in [-0.15, -0.1) is 21.8 Å². The highest BCUT2D eigenvalue weighted by Crippen LogP contribution is 2.23. The molecule has 1 atom stereocenters. The van der Waals surface area contributed by atoms with Crippen LogP contribution in [0.25, 0.3) is 0 Å². The molecule has 0 bridgehead atoms. The highest BCUT2D eigenvalue weighted by atomic mass is 35.5. The van der Waals surface area contributed by atoms with Gasteiger partial charge in [0.15, 0.2) is 0 Å². The van der Waals surface area contributed by atoms with Crippen LogP contribution in [0.5, 0.6) is 0 Å². The van der Waals surface area contributed by atoms with E-state index in [-0.39, 0.29) is 5.38 Å². The maximum Gasteiger partial charge on any atom is 0.135 e. The zero-order chi connectivity index (χ0) is 11.4. The lowest BCUT2D eigenvalue weighted by molar-refractivity contribution is 0.882. The fraction of sp³-hybridized carbons (Fsp3) is 0.333. The Morgan fingerprint density at radius 2 is 1.94 bits per heavy atom. The van der Waals surface area contributed by atoms with Crippen molar-refractivity contribution in [2.45, 2.75) is 25.1 Å². The van der Waals surface area contributed by atoms with Gasteiger partial charge in [-0.3, -0.25) is 0 Å². The van der Waals surface area contributed by atoms with E-state index in [1.807, 2.05) is 13.0 Å². The molecule has 1 aromatic carbocycles. The third-order valence-electron chi connectivity index (χ3n) is 2.29. The zero-order valence-corrected chi connectivity index (χ0v) is 10.6. The van der Waals surface area contributed by atoms with Crippen LogP contribution in [-0.4, -0.2) is 10.2 Å². The van der Waals surface area contributed by atoms with Gasteiger partial charge in [0.2, 0.25) is 0 Å². The van der Waals surface area contributed by atoms with Crippen LogP contribution in [0.3, 0.4) is 0 Å². The SMILES string of the molecule is CC(Cl)c1nnc(CCc2ccccc2)s1. The fourth-order valence-electron chi connectivity index (χ4n) is 1.42. The van der Waals surface area contributed by atoms with Gasteiger partial charge in [-0.25, -0.2) is 0 Å². The summed E-state index contributed by atoms with van der Waals surface area (Å²) in [5.74, 6) is 0. The quantitative estimate of drug-likeness (QED) is 0.777. The number of rotatable bonds is 4. The van der Waals surface area contributed by atoms with E-state index in [1.165, 1.54) is 5.56 Å². The van der Waals surface area contributed by atoms with Crippen LogP contribution in [0.15, 0.2) is 30.3 Å². The van der Waals surface area contributed by atoms with E-state index in [2.05, 4.69) is 34.5 Å². The summed E-state index contributed by atoms with van der Waals surface area (Å²) in [5, 5.41) is 10.1. The predicted molar refractivity (Wildman–Crippen MR) is 68.0 cm³/mol. The Bertz CT molecular complexity index is 439. The first-order chi connectivity index (χ1) is 7.75. The largest absolute Gasteiger partial charge is 0.143 e. The minimum absolute atomic E-state index is 0.0389. The monoisotopic (exact) mass is 252 g/mol. The Balaban J connectivity index is 1.95. The molecular weight excluding hydrogens is 240 g/mol.